The fourth-order valence-electron chi connectivity index (χ4n) is 5.71. The third-order valence-corrected chi connectivity index (χ3v) is 8.40. The summed E-state index contributed by atoms with van der Waals surface area (Å²) in [5, 5.41) is 10.4. The van der Waals surface area contributed by atoms with Gasteiger partial charge in [-0.25, -0.2) is 9.97 Å². The van der Waals surface area contributed by atoms with Crippen LogP contribution in [-0.4, -0.2) is 58.7 Å². The van der Waals surface area contributed by atoms with E-state index in [0.717, 1.165) is 41.8 Å². The Labute approximate surface area is 281 Å². The first-order chi connectivity index (χ1) is 22.7. The lowest BCUT2D eigenvalue weighted by Gasteiger charge is -2.27. The van der Waals surface area contributed by atoms with Crippen LogP contribution in [0.4, 0.5) is 5.95 Å². The summed E-state index contributed by atoms with van der Waals surface area (Å²) in [6.45, 7) is 5.29. The number of carbonyl (C=O) groups excluding carboxylic acids is 1. The Kier molecular flexibility index (Phi) is 11.3. The molecule has 47 heavy (non-hydrogen) atoms. The summed E-state index contributed by atoms with van der Waals surface area (Å²) in [4.78, 5) is 39.1. The second-order valence-corrected chi connectivity index (χ2v) is 12.6. The average Bonchev–Trinajstić information content (AvgIpc) is 3.57. The van der Waals surface area contributed by atoms with Gasteiger partial charge in [0.15, 0.2) is 0 Å². The number of carboxylic acid groups (broad SMARTS) is 1. The summed E-state index contributed by atoms with van der Waals surface area (Å²) in [6, 6.07) is 23.1. The molecule has 0 saturated carbocycles. The molecule has 1 N–H and O–H groups in total. The SMILES string of the molecule is COc1ccc(CN(CC(=O)O)C(=O)c2cnc(N3CCC[C@H]3c3ccc(Cl)cc3)nc2CCc2ccc(OCC(C)C)cc2)cc1. The van der Waals surface area contributed by atoms with E-state index in [9.17, 15) is 14.7 Å². The molecular weight excluding hydrogens is 616 g/mol. The molecule has 1 saturated heterocycles. The average molecular weight is 657 g/mol. The van der Waals surface area contributed by atoms with Crippen LogP contribution >= 0.6 is 11.6 Å². The van der Waals surface area contributed by atoms with E-state index >= 15 is 0 Å². The van der Waals surface area contributed by atoms with Gasteiger partial charge in [-0.2, -0.15) is 0 Å². The highest BCUT2D eigenvalue weighted by Crippen LogP contribution is 2.35. The number of nitrogens with zero attached hydrogens (tertiary/aromatic N) is 4. The molecule has 1 fully saturated rings. The van der Waals surface area contributed by atoms with E-state index in [2.05, 4.69) is 23.7 Å². The molecule has 0 radical (unpaired) electrons. The third kappa shape index (κ3) is 9.01. The number of hydrogen-bond acceptors (Lipinski definition) is 7. The predicted octanol–water partition coefficient (Wildman–Crippen LogP) is 7.03. The summed E-state index contributed by atoms with van der Waals surface area (Å²) < 4.78 is 11.1. The molecule has 3 aromatic carbocycles. The maximum absolute atomic E-state index is 14.1. The molecule has 10 heteroatoms. The van der Waals surface area contributed by atoms with Crippen molar-refractivity contribution in [1.29, 1.82) is 0 Å². The van der Waals surface area contributed by atoms with Crippen LogP contribution in [0, 0.1) is 5.92 Å². The van der Waals surface area contributed by atoms with E-state index in [1.807, 2.05) is 60.7 Å². The van der Waals surface area contributed by atoms with Gasteiger partial charge in [0.25, 0.3) is 5.91 Å². The summed E-state index contributed by atoms with van der Waals surface area (Å²) in [5.74, 6) is 0.929. The van der Waals surface area contributed by atoms with Gasteiger partial charge in [0.05, 0.1) is 31.0 Å². The first-order valence-corrected chi connectivity index (χ1v) is 16.3. The molecule has 0 bridgehead atoms. The normalized spacial score (nSPS) is 14.3. The van der Waals surface area contributed by atoms with Crippen molar-refractivity contribution < 1.29 is 24.2 Å². The van der Waals surface area contributed by atoms with Crippen LogP contribution in [0.2, 0.25) is 5.02 Å². The minimum Gasteiger partial charge on any atom is -0.497 e. The zero-order chi connectivity index (χ0) is 33.3. The zero-order valence-corrected chi connectivity index (χ0v) is 27.8. The first-order valence-electron chi connectivity index (χ1n) is 15.9. The molecule has 246 valence electrons. The number of aryl methyl sites for hydroxylation is 2. The number of carboxylic acids is 1. The summed E-state index contributed by atoms with van der Waals surface area (Å²) in [6.07, 6.45) is 4.57. The van der Waals surface area contributed by atoms with Crippen LogP contribution in [-0.2, 0) is 24.2 Å². The molecule has 1 aliphatic rings. The van der Waals surface area contributed by atoms with Gasteiger partial charge >= 0.3 is 5.97 Å². The van der Waals surface area contributed by atoms with Crippen LogP contribution in [0.1, 0.15) is 65.5 Å². The van der Waals surface area contributed by atoms with E-state index in [-0.39, 0.29) is 12.6 Å². The molecule has 2 heterocycles. The van der Waals surface area contributed by atoms with Gasteiger partial charge in [-0.1, -0.05) is 61.8 Å². The number of anilines is 1. The predicted molar refractivity (Wildman–Crippen MR) is 182 cm³/mol. The minimum atomic E-state index is -1.10. The number of halogens is 1. The molecule has 0 unspecified atom stereocenters. The van der Waals surface area contributed by atoms with Crippen molar-refractivity contribution in [3.05, 3.63) is 112 Å². The second-order valence-electron chi connectivity index (χ2n) is 12.2. The lowest BCUT2D eigenvalue weighted by molar-refractivity contribution is -0.137. The first kappa shape index (κ1) is 33.7. The number of methoxy groups -OCH3 is 1. The number of aromatic nitrogens is 2. The molecule has 4 aromatic rings. The van der Waals surface area contributed by atoms with Crippen molar-refractivity contribution in [1.82, 2.24) is 14.9 Å². The number of hydrogen-bond donors (Lipinski definition) is 1. The van der Waals surface area contributed by atoms with Gasteiger partial charge in [0.2, 0.25) is 5.95 Å². The lowest BCUT2D eigenvalue weighted by atomic mass is 10.0. The lowest BCUT2D eigenvalue weighted by Crippen LogP contribution is -2.36. The molecule has 5 rings (SSSR count). The van der Waals surface area contributed by atoms with Crippen molar-refractivity contribution >= 4 is 29.4 Å². The fraction of sp³-hybridized carbons (Fsp3) is 0.351. The largest absolute Gasteiger partial charge is 0.497 e. The highest BCUT2D eigenvalue weighted by atomic mass is 35.5. The summed E-state index contributed by atoms with van der Waals surface area (Å²) in [7, 11) is 1.58. The Bertz CT molecular complexity index is 1650. The van der Waals surface area contributed by atoms with Crippen LogP contribution < -0.4 is 14.4 Å². The molecule has 1 aliphatic heterocycles. The van der Waals surface area contributed by atoms with Gasteiger partial charge in [0, 0.05) is 24.3 Å². The Morgan fingerprint density at radius 3 is 2.32 bits per heavy atom. The van der Waals surface area contributed by atoms with Crippen molar-refractivity contribution in [3.63, 3.8) is 0 Å². The van der Waals surface area contributed by atoms with Crippen molar-refractivity contribution in [2.75, 3.05) is 31.7 Å². The van der Waals surface area contributed by atoms with Crippen molar-refractivity contribution in [3.8, 4) is 11.5 Å². The maximum Gasteiger partial charge on any atom is 0.323 e. The Hall–Kier alpha value is -4.63. The zero-order valence-electron chi connectivity index (χ0n) is 27.1. The van der Waals surface area contributed by atoms with E-state index < -0.39 is 18.4 Å². The Morgan fingerprint density at radius 1 is 0.979 bits per heavy atom. The number of aliphatic carboxylic acids is 1. The van der Waals surface area contributed by atoms with E-state index in [0.29, 0.717) is 53.3 Å². The molecular formula is C37H41ClN4O5. The van der Waals surface area contributed by atoms with Crippen molar-refractivity contribution in [2.45, 2.75) is 52.1 Å². The van der Waals surface area contributed by atoms with E-state index in [4.69, 9.17) is 26.1 Å². The van der Waals surface area contributed by atoms with Crippen LogP contribution in [0.25, 0.3) is 0 Å². The summed E-state index contributed by atoms with van der Waals surface area (Å²) in [5.41, 5.74) is 3.85. The van der Waals surface area contributed by atoms with Gasteiger partial charge in [-0.15, -0.1) is 0 Å². The number of carbonyl (C=O) groups is 2. The Balaban J connectivity index is 1.44. The molecule has 9 nitrogen and oxygen atoms in total. The highest BCUT2D eigenvalue weighted by Gasteiger charge is 2.30. The molecule has 1 aromatic heterocycles. The number of ether oxygens (including phenoxy) is 2. The highest BCUT2D eigenvalue weighted by molar-refractivity contribution is 6.30. The van der Waals surface area contributed by atoms with Gasteiger partial charge in [-0.3, -0.25) is 9.59 Å². The number of benzene rings is 3. The standard InChI is InChI=1S/C37H41ClN4O5/c1-25(2)24-47-31-17-6-26(7-18-31)10-19-33-32(36(45)41(23-35(43)44)22-27-8-15-30(46-3)16-9-27)21-39-37(40-33)42-20-4-5-34(42)28-11-13-29(38)14-12-28/h6-9,11-18,21,25,34H,4-5,10,19-20,22-24H2,1-3H3,(H,43,44)/t34-/m0/s1. The molecule has 1 atom stereocenters. The smallest absolute Gasteiger partial charge is 0.323 e. The Morgan fingerprint density at radius 2 is 1.66 bits per heavy atom. The third-order valence-electron chi connectivity index (χ3n) is 8.15. The number of amides is 1. The van der Waals surface area contributed by atoms with Crippen LogP contribution in [0.15, 0.2) is 79.0 Å². The molecule has 0 spiro atoms. The monoisotopic (exact) mass is 656 g/mol. The topological polar surface area (TPSA) is 105 Å². The quantitative estimate of drug-likeness (QED) is 0.154. The van der Waals surface area contributed by atoms with Crippen LogP contribution in [0.5, 0.6) is 11.5 Å². The van der Waals surface area contributed by atoms with E-state index in [1.165, 1.54) is 4.90 Å². The van der Waals surface area contributed by atoms with Gasteiger partial charge < -0.3 is 24.4 Å². The molecule has 0 aliphatic carbocycles. The summed E-state index contributed by atoms with van der Waals surface area (Å²) >= 11 is 6.16. The second kappa shape index (κ2) is 15.8. The van der Waals surface area contributed by atoms with Gasteiger partial charge in [0.1, 0.15) is 18.0 Å². The fourth-order valence-corrected chi connectivity index (χ4v) is 5.84. The van der Waals surface area contributed by atoms with Crippen molar-refractivity contribution in [2.24, 2.45) is 5.92 Å². The van der Waals surface area contributed by atoms with Gasteiger partial charge in [-0.05, 0) is 84.7 Å². The van der Waals surface area contributed by atoms with E-state index in [1.54, 1.807) is 25.4 Å². The maximum atomic E-state index is 14.1. The minimum absolute atomic E-state index is 0.0821. The van der Waals surface area contributed by atoms with Crippen LogP contribution in [0.3, 0.4) is 0 Å². The molecule has 1 amide bonds. The number of rotatable bonds is 14.